The number of nitrogens with one attached hydrogen (secondary N) is 2. The molecule has 1 saturated heterocycles. The Labute approximate surface area is 178 Å². The van der Waals surface area contributed by atoms with Crippen molar-refractivity contribution in [2.75, 3.05) is 38.1 Å². The van der Waals surface area contributed by atoms with Crippen LogP contribution in [0.2, 0.25) is 0 Å². The van der Waals surface area contributed by atoms with Crippen LogP contribution in [0.5, 0.6) is 5.75 Å². The highest BCUT2D eigenvalue weighted by molar-refractivity contribution is 14.0. The summed E-state index contributed by atoms with van der Waals surface area (Å²) in [5, 5.41) is 5.98. The van der Waals surface area contributed by atoms with Crippen LogP contribution in [-0.2, 0) is 11.2 Å². The zero-order valence-corrected chi connectivity index (χ0v) is 18.2. The van der Waals surface area contributed by atoms with E-state index in [4.69, 9.17) is 10.5 Å². The first-order chi connectivity index (χ1) is 12.7. The van der Waals surface area contributed by atoms with Crippen LogP contribution in [0.15, 0.2) is 23.2 Å². The molecule has 1 aromatic rings. The number of carbonyl (C=O) groups excluding carboxylic acids is 1. The van der Waals surface area contributed by atoms with Crippen molar-refractivity contribution in [2.24, 2.45) is 10.7 Å². The molecule has 150 valence electrons. The molecule has 0 aliphatic carbocycles. The summed E-state index contributed by atoms with van der Waals surface area (Å²) in [6.07, 6.45) is 3.74. The van der Waals surface area contributed by atoms with E-state index in [2.05, 4.69) is 27.4 Å². The molecular formula is C19H30IN5O2. The first kappa shape index (κ1) is 21.7. The number of anilines is 1. The minimum absolute atomic E-state index is 0. The van der Waals surface area contributed by atoms with Gasteiger partial charge in [0.25, 0.3) is 0 Å². The highest BCUT2D eigenvalue weighted by Crippen LogP contribution is 2.26. The Kier molecular flexibility index (Phi) is 8.62. The number of likely N-dealkylation sites (tertiary alicyclic amines) is 1. The molecule has 7 nitrogen and oxygen atoms in total. The van der Waals surface area contributed by atoms with Gasteiger partial charge in [0, 0.05) is 18.2 Å². The van der Waals surface area contributed by atoms with E-state index in [1.807, 2.05) is 18.2 Å². The number of ether oxygens (including phenoxy) is 1. The fourth-order valence-electron chi connectivity index (χ4n) is 3.58. The summed E-state index contributed by atoms with van der Waals surface area (Å²) >= 11 is 0. The van der Waals surface area contributed by atoms with Crippen LogP contribution in [0.25, 0.3) is 0 Å². The molecule has 27 heavy (non-hydrogen) atoms. The first-order valence-electron chi connectivity index (χ1n) is 9.49. The largest absolute Gasteiger partial charge is 0.492 e. The van der Waals surface area contributed by atoms with Gasteiger partial charge < -0.3 is 21.1 Å². The number of carbonyl (C=O) groups is 1. The average molecular weight is 487 g/mol. The van der Waals surface area contributed by atoms with Crippen LogP contribution in [0.1, 0.15) is 31.7 Å². The second kappa shape index (κ2) is 10.7. The van der Waals surface area contributed by atoms with Gasteiger partial charge >= 0.3 is 0 Å². The molecule has 1 fully saturated rings. The Balaban J connectivity index is 0.00000261. The van der Waals surface area contributed by atoms with Gasteiger partial charge in [0.15, 0.2) is 5.96 Å². The van der Waals surface area contributed by atoms with Crippen LogP contribution >= 0.6 is 24.0 Å². The third-order valence-electron chi connectivity index (χ3n) is 5.03. The zero-order valence-electron chi connectivity index (χ0n) is 15.9. The average Bonchev–Trinajstić information content (AvgIpc) is 3.11. The van der Waals surface area contributed by atoms with Crippen molar-refractivity contribution in [3.8, 4) is 5.75 Å². The summed E-state index contributed by atoms with van der Waals surface area (Å²) in [5.74, 6) is 1.36. The molecule has 0 spiro atoms. The SMILES string of the molecule is CCN1CCCC1CN=C(N)NCCOc1ccc2c(c1)CCC(=O)N2.I. The van der Waals surface area contributed by atoms with E-state index in [9.17, 15) is 4.79 Å². The number of amides is 1. The van der Waals surface area contributed by atoms with Gasteiger partial charge in [-0.1, -0.05) is 6.92 Å². The molecule has 1 unspecified atom stereocenters. The summed E-state index contributed by atoms with van der Waals surface area (Å²) in [6.45, 7) is 6.30. The van der Waals surface area contributed by atoms with Crippen LogP contribution in [0.4, 0.5) is 5.69 Å². The molecule has 2 aliphatic heterocycles. The molecule has 2 heterocycles. The van der Waals surface area contributed by atoms with Crippen LogP contribution in [0.3, 0.4) is 0 Å². The van der Waals surface area contributed by atoms with Crippen molar-refractivity contribution in [3.05, 3.63) is 23.8 Å². The standard InChI is InChI=1S/C19H29N5O2.HI/c1-2-24-10-3-4-15(24)13-22-19(20)21-9-11-26-16-6-7-17-14(12-16)5-8-18(25)23-17;/h6-7,12,15H,2-5,8-11,13H2,1H3,(H,23,25)(H3,20,21,22);1H. The molecule has 0 aromatic heterocycles. The van der Waals surface area contributed by atoms with Crippen molar-refractivity contribution < 1.29 is 9.53 Å². The summed E-state index contributed by atoms with van der Waals surface area (Å²) in [6, 6.07) is 6.28. The van der Waals surface area contributed by atoms with Crippen molar-refractivity contribution >= 4 is 41.5 Å². The molecule has 0 radical (unpaired) electrons. The predicted molar refractivity (Wildman–Crippen MR) is 119 cm³/mol. The minimum atomic E-state index is 0. The predicted octanol–water partition coefficient (Wildman–Crippen LogP) is 1.96. The molecule has 0 saturated carbocycles. The third-order valence-corrected chi connectivity index (χ3v) is 5.03. The molecule has 1 amide bonds. The topological polar surface area (TPSA) is 92.0 Å². The maximum Gasteiger partial charge on any atom is 0.224 e. The lowest BCUT2D eigenvalue weighted by Gasteiger charge is -2.21. The second-order valence-electron chi connectivity index (χ2n) is 6.79. The molecular weight excluding hydrogens is 457 g/mol. The maximum absolute atomic E-state index is 11.4. The fraction of sp³-hybridized carbons (Fsp3) is 0.579. The van der Waals surface area contributed by atoms with E-state index in [0.29, 0.717) is 31.6 Å². The Bertz CT molecular complexity index is 668. The van der Waals surface area contributed by atoms with Gasteiger partial charge in [-0.3, -0.25) is 14.7 Å². The zero-order chi connectivity index (χ0) is 18.4. The van der Waals surface area contributed by atoms with Crippen molar-refractivity contribution in [1.82, 2.24) is 10.2 Å². The van der Waals surface area contributed by atoms with E-state index in [1.165, 1.54) is 19.4 Å². The molecule has 4 N–H and O–H groups in total. The van der Waals surface area contributed by atoms with Crippen LogP contribution < -0.4 is 21.1 Å². The molecule has 3 rings (SSSR count). The van der Waals surface area contributed by atoms with Gasteiger partial charge in [-0.2, -0.15) is 0 Å². The van der Waals surface area contributed by atoms with Crippen LogP contribution in [0, 0.1) is 0 Å². The monoisotopic (exact) mass is 487 g/mol. The fourth-order valence-corrected chi connectivity index (χ4v) is 3.58. The Morgan fingerprint density at radius 1 is 1.44 bits per heavy atom. The number of hydrogen-bond acceptors (Lipinski definition) is 4. The van der Waals surface area contributed by atoms with Gasteiger partial charge in [-0.05, 0) is 56.1 Å². The van der Waals surface area contributed by atoms with Gasteiger partial charge in [0.05, 0.1) is 13.1 Å². The Morgan fingerprint density at radius 2 is 2.30 bits per heavy atom. The van der Waals surface area contributed by atoms with E-state index in [1.54, 1.807) is 0 Å². The quantitative estimate of drug-likeness (QED) is 0.237. The lowest BCUT2D eigenvalue weighted by Crippen LogP contribution is -2.37. The molecule has 1 aromatic carbocycles. The molecule has 2 aliphatic rings. The van der Waals surface area contributed by atoms with Crippen molar-refractivity contribution in [1.29, 1.82) is 0 Å². The lowest BCUT2D eigenvalue weighted by atomic mass is 10.0. The minimum Gasteiger partial charge on any atom is -0.492 e. The molecule has 0 bridgehead atoms. The Morgan fingerprint density at radius 3 is 3.11 bits per heavy atom. The number of likely N-dealkylation sites (N-methyl/N-ethyl adjacent to an activating group) is 1. The number of aliphatic imine (C=N–C) groups is 1. The summed E-state index contributed by atoms with van der Waals surface area (Å²) < 4.78 is 5.77. The number of guanidine groups is 1. The number of benzene rings is 1. The van der Waals surface area contributed by atoms with E-state index < -0.39 is 0 Å². The molecule has 8 heteroatoms. The van der Waals surface area contributed by atoms with E-state index in [-0.39, 0.29) is 29.9 Å². The summed E-state index contributed by atoms with van der Waals surface area (Å²) in [7, 11) is 0. The number of hydrogen-bond donors (Lipinski definition) is 3. The van der Waals surface area contributed by atoms with Crippen molar-refractivity contribution in [2.45, 2.75) is 38.6 Å². The highest BCUT2D eigenvalue weighted by Gasteiger charge is 2.22. The van der Waals surface area contributed by atoms with Gasteiger partial charge in [0.2, 0.25) is 5.91 Å². The normalized spacial score (nSPS) is 19.8. The highest BCUT2D eigenvalue weighted by atomic mass is 127. The lowest BCUT2D eigenvalue weighted by molar-refractivity contribution is -0.116. The Hall–Kier alpha value is -1.55. The number of halogens is 1. The third kappa shape index (κ3) is 6.24. The number of nitrogens with two attached hydrogens (primary N) is 1. The number of rotatable bonds is 7. The number of nitrogens with zero attached hydrogens (tertiary/aromatic N) is 2. The van der Waals surface area contributed by atoms with Crippen LogP contribution in [-0.4, -0.2) is 55.6 Å². The van der Waals surface area contributed by atoms with E-state index >= 15 is 0 Å². The van der Waals surface area contributed by atoms with Gasteiger partial charge in [-0.25, -0.2) is 0 Å². The summed E-state index contributed by atoms with van der Waals surface area (Å²) in [4.78, 5) is 18.3. The van der Waals surface area contributed by atoms with E-state index in [0.717, 1.165) is 36.5 Å². The smallest absolute Gasteiger partial charge is 0.224 e. The molecule has 1 atom stereocenters. The summed E-state index contributed by atoms with van der Waals surface area (Å²) in [5.41, 5.74) is 7.95. The second-order valence-corrected chi connectivity index (χ2v) is 6.79. The van der Waals surface area contributed by atoms with Crippen molar-refractivity contribution in [3.63, 3.8) is 0 Å². The maximum atomic E-state index is 11.4. The van der Waals surface area contributed by atoms with Gasteiger partial charge in [-0.15, -0.1) is 24.0 Å². The van der Waals surface area contributed by atoms with Gasteiger partial charge in [0.1, 0.15) is 12.4 Å². The first-order valence-corrected chi connectivity index (χ1v) is 9.49. The number of aryl methyl sites for hydroxylation is 1. The number of fused-ring (bicyclic) bond motifs is 1.